The van der Waals surface area contributed by atoms with Crippen molar-refractivity contribution in [1.82, 2.24) is 4.98 Å². The van der Waals surface area contributed by atoms with Crippen molar-refractivity contribution in [2.24, 2.45) is 5.14 Å². The summed E-state index contributed by atoms with van der Waals surface area (Å²) in [6.07, 6.45) is 6.89. The van der Waals surface area contributed by atoms with Crippen LogP contribution in [-0.2, 0) is 10.0 Å². The van der Waals surface area contributed by atoms with Gasteiger partial charge in [-0.1, -0.05) is 23.0 Å². The zero-order valence-electron chi connectivity index (χ0n) is 10.3. The van der Waals surface area contributed by atoms with E-state index in [1.165, 1.54) is 24.8 Å². The summed E-state index contributed by atoms with van der Waals surface area (Å²) in [5.74, 6) is 0. The molecule has 0 unspecified atom stereocenters. The topological polar surface area (TPSA) is 85.1 Å². The summed E-state index contributed by atoms with van der Waals surface area (Å²) in [4.78, 5) is 4.17. The lowest BCUT2D eigenvalue weighted by atomic mass is 10.2. The number of nitrogens with two attached hydrogens (primary N) is 1. The van der Waals surface area contributed by atoms with Crippen LogP contribution in [0.25, 0.3) is 0 Å². The largest absolute Gasteiger partial charge is 0.361 e. The van der Waals surface area contributed by atoms with Crippen molar-refractivity contribution in [3.05, 3.63) is 17.3 Å². The van der Waals surface area contributed by atoms with E-state index in [4.69, 9.17) is 5.14 Å². The van der Waals surface area contributed by atoms with Crippen molar-refractivity contribution in [3.8, 4) is 0 Å². The zero-order chi connectivity index (χ0) is 13.2. The van der Waals surface area contributed by atoms with E-state index in [0.29, 0.717) is 10.8 Å². The summed E-state index contributed by atoms with van der Waals surface area (Å²) in [7, 11) is -3.65. The molecule has 0 atom stereocenters. The van der Waals surface area contributed by atoms with E-state index in [-0.39, 0.29) is 4.21 Å². The third kappa shape index (κ3) is 3.30. The average Bonchev–Trinajstić information content (AvgIpc) is 2.87. The maximum atomic E-state index is 11.3. The highest BCUT2D eigenvalue weighted by molar-refractivity contribution is 7.91. The van der Waals surface area contributed by atoms with Gasteiger partial charge in [0.1, 0.15) is 0 Å². The molecule has 1 aliphatic rings. The quantitative estimate of drug-likeness (QED) is 0.811. The van der Waals surface area contributed by atoms with Gasteiger partial charge in [0.05, 0.1) is 5.69 Å². The molecule has 0 saturated carbocycles. The highest BCUT2D eigenvalue weighted by Gasteiger charge is 2.17. The van der Waals surface area contributed by atoms with Gasteiger partial charge in [-0.2, -0.15) is 0 Å². The summed E-state index contributed by atoms with van der Waals surface area (Å²) in [5.41, 5.74) is 1.94. The second kappa shape index (κ2) is 5.38. The SMILES string of the molecule is Cc1nc(NCCC2=CCCC2)sc1S(N)(=O)=O. The lowest BCUT2D eigenvalue weighted by Gasteiger charge is -2.02. The second-order valence-electron chi connectivity index (χ2n) is 4.37. The Morgan fingerprint density at radius 1 is 1.56 bits per heavy atom. The Morgan fingerprint density at radius 3 is 2.89 bits per heavy atom. The van der Waals surface area contributed by atoms with Crippen LogP contribution in [0.4, 0.5) is 5.13 Å². The van der Waals surface area contributed by atoms with Crippen molar-refractivity contribution in [2.75, 3.05) is 11.9 Å². The Hall–Kier alpha value is -0.920. The lowest BCUT2D eigenvalue weighted by Crippen LogP contribution is -2.11. The lowest BCUT2D eigenvalue weighted by molar-refractivity contribution is 0.599. The van der Waals surface area contributed by atoms with E-state index in [9.17, 15) is 8.42 Å². The van der Waals surface area contributed by atoms with Gasteiger partial charge < -0.3 is 5.32 Å². The molecule has 2 rings (SSSR count). The number of hydrogen-bond acceptors (Lipinski definition) is 5. The maximum Gasteiger partial charge on any atom is 0.249 e. The van der Waals surface area contributed by atoms with Crippen molar-refractivity contribution in [1.29, 1.82) is 0 Å². The molecule has 1 aromatic rings. The number of hydrogen-bond donors (Lipinski definition) is 2. The molecule has 0 radical (unpaired) electrons. The zero-order valence-corrected chi connectivity index (χ0v) is 11.9. The Labute approximate surface area is 111 Å². The standard InChI is InChI=1S/C11H17N3O2S2/c1-8-10(18(12,15)16)17-11(14-8)13-7-6-9-4-2-3-5-9/h4H,2-3,5-7H2,1H3,(H,13,14)(H2,12,15,16). The van der Waals surface area contributed by atoms with Crippen LogP contribution in [0.2, 0.25) is 0 Å². The number of nitrogens with zero attached hydrogens (tertiary/aromatic N) is 1. The van der Waals surface area contributed by atoms with Crippen LogP contribution in [0.15, 0.2) is 15.9 Å². The van der Waals surface area contributed by atoms with Crippen molar-refractivity contribution < 1.29 is 8.42 Å². The van der Waals surface area contributed by atoms with E-state index in [0.717, 1.165) is 24.3 Å². The molecule has 1 heterocycles. The van der Waals surface area contributed by atoms with Gasteiger partial charge in [0.25, 0.3) is 0 Å². The minimum Gasteiger partial charge on any atom is -0.361 e. The molecular formula is C11H17N3O2S2. The first-order valence-electron chi connectivity index (χ1n) is 5.89. The summed E-state index contributed by atoms with van der Waals surface area (Å²) in [6.45, 7) is 2.43. The number of allylic oxidation sites excluding steroid dienone is 1. The average molecular weight is 287 g/mol. The summed E-state index contributed by atoms with van der Waals surface area (Å²) in [6, 6.07) is 0. The van der Waals surface area contributed by atoms with Crippen LogP contribution in [0.5, 0.6) is 0 Å². The number of nitrogens with one attached hydrogen (secondary N) is 1. The number of sulfonamides is 1. The first-order valence-corrected chi connectivity index (χ1v) is 8.25. The molecule has 1 aromatic heterocycles. The molecule has 3 N–H and O–H groups in total. The summed E-state index contributed by atoms with van der Waals surface area (Å²) >= 11 is 1.09. The van der Waals surface area contributed by atoms with Crippen molar-refractivity contribution in [3.63, 3.8) is 0 Å². The van der Waals surface area contributed by atoms with Crippen LogP contribution < -0.4 is 10.5 Å². The molecule has 0 aromatic carbocycles. The molecule has 0 saturated heterocycles. The molecule has 0 bridgehead atoms. The molecular weight excluding hydrogens is 270 g/mol. The number of anilines is 1. The molecule has 1 aliphatic carbocycles. The minimum atomic E-state index is -3.65. The smallest absolute Gasteiger partial charge is 0.249 e. The predicted molar refractivity (Wildman–Crippen MR) is 73.3 cm³/mol. The molecule has 5 nitrogen and oxygen atoms in total. The summed E-state index contributed by atoms with van der Waals surface area (Å²) < 4.78 is 22.7. The van der Waals surface area contributed by atoms with Crippen molar-refractivity contribution in [2.45, 2.75) is 36.8 Å². The Bertz CT molecular complexity index is 561. The van der Waals surface area contributed by atoms with E-state index >= 15 is 0 Å². The normalized spacial score (nSPS) is 15.8. The van der Waals surface area contributed by atoms with E-state index in [2.05, 4.69) is 16.4 Å². The highest BCUT2D eigenvalue weighted by Crippen LogP contribution is 2.26. The monoisotopic (exact) mass is 287 g/mol. The molecule has 18 heavy (non-hydrogen) atoms. The van der Waals surface area contributed by atoms with E-state index < -0.39 is 10.0 Å². The first kappa shape index (κ1) is 13.5. The van der Waals surface area contributed by atoms with E-state index in [1.54, 1.807) is 6.92 Å². The predicted octanol–water partition coefficient (Wildman–Crippen LogP) is 2.01. The van der Waals surface area contributed by atoms with Crippen molar-refractivity contribution >= 4 is 26.5 Å². The summed E-state index contributed by atoms with van der Waals surface area (Å²) in [5, 5.41) is 8.88. The highest BCUT2D eigenvalue weighted by atomic mass is 32.2. The van der Waals surface area contributed by atoms with Gasteiger partial charge in [0.2, 0.25) is 10.0 Å². The van der Waals surface area contributed by atoms with Gasteiger partial charge >= 0.3 is 0 Å². The molecule has 100 valence electrons. The number of rotatable bonds is 5. The number of thiazole rings is 1. The van der Waals surface area contributed by atoms with Gasteiger partial charge in [0.15, 0.2) is 9.34 Å². The fourth-order valence-corrected chi connectivity index (χ4v) is 3.90. The van der Waals surface area contributed by atoms with Gasteiger partial charge in [-0.15, -0.1) is 0 Å². The Kier molecular flexibility index (Phi) is 4.04. The van der Waals surface area contributed by atoms with Gasteiger partial charge in [-0.3, -0.25) is 0 Å². The molecule has 0 spiro atoms. The molecule has 7 heteroatoms. The van der Waals surface area contributed by atoms with Gasteiger partial charge in [-0.25, -0.2) is 18.5 Å². The third-order valence-corrected chi connectivity index (χ3v) is 5.54. The Balaban J connectivity index is 1.94. The Morgan fingerprint density at radius 2 is 2.33 bits per heavy atom. The fourth-order valence-electron chi connectivity index (χ4n) is 2.02. The van der Waals surface area contributed by atoms with Crippen LogP contribution in [0.1, 0.15) is 31.4 Å². The van der Waals surface area contributed by atoms with Crippen LogP contribution in [0, 0.1) is 6.92 Å². The van der Waals surface area contributed by atoms with E-state index in [1.807, 2.05) is 0 Å². The molecule has 0 aliphatic heterocycles. The molecule has 0 amide bonds. The van der Waals surface area contributed by atoms with Crippen LogP contribution in [0.3, 0.4) is 0 Å². The third-order valence-electron chi connectivity index (χ3n) is 2.87. The van der Waals surface area contributed by atoms with Gasteiger partial charge in [-0.05, 0) is 32.6 Å². The van der Waals surface area contributed by atoms with Gasteiger partial charge in [0, 0.05) is 6.54 Å². The van der Waals surface area contributed by atoms with Crippen LogP contribution in [-0.4, -0.2) is 19.9 Å². The number of aromatic nitrogens is 1. The number of aryl methyl sites for hydroxylation is 1. The minimum absolute atomic E-state index is 0.144. The molecule has 0 fully saturated rings. The number of primary sulfonamides is 1. The first-order chi connectivity index (χ1) is 8.47. The second-order valence-corrected chi connectivity index (χ2v) is 7.12. The fraction of sp³-hybridized carbons (Fsp3) is 0.545. The van der Waals surface area contributed by atoms with Crippen LogP contribution >= 0.6 is 11.3 Å². The maximum absolute atomic E-state index is 11.3.